The van der Waals surface area contributed by atoms with Gasteiger partial charge < -0.3 is 24.6 Å². The number of piperazine rings is 1. The summed E-state index contributed by atoms with van der Waals surface area (Å²) in [6, 6.07) is 7.19. The summed E-state index contributed by atoms with van der Waals surface area (Å²) in [7, 11) is 1.62. The van der Waals surface area contributed by atoms with Crippen LogP contribution in [0.2, 0.25) is 0 Å². The van der Waals surface area contributed by atoms with Gasteiger partial charge in [0, 0.05) is 31.9 Å². The van der Waals surface area contributed by atoms with E-state index in [4.69, 9.17) is 9.47 Å². The molecule has 1 aromatic rings. The van der Waals surface area contributed by atoms with Crippen LogP contribution in [0.1, 0.15) is 39.0 Å². The third-order valence-corrected chi connectivity index (χ3v) is 7.50. The standard InChI is InChI=1S/C25H34N4O6/c1-3-18-8-10-25(11-9-18)23(32)29(24(33)26-25)16-22(31)35-17-21(30)28-14-12-27(13-15-28)19-4-6-20(34-2)7-5-19/h4-7,18H,3,8-17H2,1-2H3,(H,26,33). The fourth-order valence-corrected chi connectivity index (χ4v) is 5.15. The monoisotopic (exact) mass is 486 g/mol. The van der Waals surface area contributed by atoms with Crippen molar-refractivity contribution < 1.29 is 28.7 Å². The summed E-state index contributed by atoms with van der Waals surface area (Å²) in [5.74, 6) is -0.0720. The molecule has 4 amide bonds. The van der Waals surface area contributed by atoms with E-state index in [1.54, 1.807) is 12.0 Å². The lowest BCUT2D eigenvalue weighted by molar-refractivity contribution is -0.154. The molecule has 1 saturated carbocycles. The van der Waals surface area contributed by atoms with E-state index in [0.717, 1.165) is 35.6 Å². The number of anilines is 1. The predicted octanol–water partition coefficient (Wildman–Crippen LogP) is 1.78. The maximum atomic E-state index is 12.9. The van der Waals surface area contributed by atoms with Gasteiger partial charge >= 0.3 is 12.0 Å². The zero-order valence-corrected chi connectivity index (χ0v) is 20.5. The van der Waals surface area contributed by atoms with Crippen molar-refractivity contribution in [3.63, 3.8) is 0 Å². The highest BCUT2D eigenvalue weighted by molar-refractivity contribution is 6.08. The summed E-state index contributed by atoms with van der Waals surface area (Å²) in [5, 5.41) is 2.80. The Hall–Kier alpha value is -3.30. The van der Waals surface area contributed by atoms with Gasteiger partial charge in [0.1, 0.15) is 17.8 Å². The predicted molar refractivity (Wildman–Crippen MR) is 128 cm³/mol. The minimum Gasteiger partial charge on any atom is -0.497 e. The summed E-state index contributed by atoms with van der Waals surface area (Å²) >= 11 is 0. The number of carbonyl (C=O) groups excluding carboxylic acids is 4. The molecule has 35 heavy (non-hydrogen) atoms. The highest BCUT2D eigenvalue weighted by Crippen LogP contribution is 2.37. The molecule has 1 aromatic carbocycles. The molecule has 0 unspecified atom stereocenters. The molecule has 0 aromatic heterocycles. The van der Waals surface area contributed by atoms with Crippen molar-refractivity contribution >= 4 is 29.5 Å². The van der Waals surface area contributed by atoms with Gasteiger partial charge in [0.15, 0.2) is 6.61 Å². The van der Waals surface area contributed by atoms with Gasteiger partial charge in [0.2, 0.25) is 0 Å². The highest BCUT2D eigenvalue weighted by atomic mass is 16.5. The van der Waals surface area contributed by atoms with E-state index < -0.39 is 30.7 Å². The number of methoxy groups -OCH3 is 1. The molecule has 4 rings (SSSR count). The summed E-state index contributed by atoms with van der Waals surface area (Å²) in [4.78, 5) is 55.0. The molecule has 1 N–H and O–H groups in total. The zero-order valence-electron chi connectivity index (χ0n) is 20.5. The molecule has 190 valence electrons. The van der Waals surface area contributed by atoms with Crippen molar-refractivity contribution in [3.05, 3.63) is 24.3 Å². The highest BCUT2D eigenvalue weighted by Gasteiger charge is 2.52. The molecular formula is C25H34N4O6. The van der Waals surface area contributed by atoms with Gasteiger partial charge in [0.05, 0.1) is 7.11 Å². The summed E-state index contributed by atoms with van der Waals surface area (Å²) in [5.41, 5.74) is 0.154. The first-order valence-corrected chi connectivity index (χ1v) is 12.3. The van der Waals surface area contributed by atoms with Crippen LogP contribution >= 0.6 is 0 Å². The molecule has 2 aliphatic heterocycles. The third kappa shape index (κ3) is 5.36. The molecule has 10 nitrogen and oxygen atoms in total. The van der Waals surface area contributed by atoms with Crippen LogP contribution in [0.5, 0.6) is 5.75 Å². The SMILES string of the molecule is CCC1CCC2(CC1)NC(=O)N(CC(=O)OCC(=O)N1CCN(c3ccc(OC)cc3)CC1)C2=O. The van der Waals surface area contributed by atoms with Gasteiger partial charge in [-0.1, -0.05) is 13.3 Å². The zero-order chi connectivity index (χ0) is 25.0. The van der Waals surface area contributed by atoms with Crippen LogP contribution in [0.15, 0.2) is 24.3 Å². The fourth-order valence-electron chi connectivity index (χ4n) is 5.15. The van der Waals surface area contributed by atoms with Gasteiger partial charge in [-0.05, 0) is 55.9 Å². The second-order valence-corrected chi connectivity index (χ2v) is 9.48. The van der Waals surface area contributed by atoms with E-state index in [1.165, 1.54) is 0 Å². The topological polar surface area (TPSA) is 108 Å². The lowest BCUT2D eigenvalue weighted by atomic mass is 9.75. The Bertz CT molecular complexity index is 949. The quantitative estimate of drug-likeness (QED) is 0.462. The Labute approximate surface area is 205 Å². The molecule has 3 aliphatic rings. The lowest BCUT2D eigenvalue weighted by Gasteiger charge is -2.36. The number of nitrogens with zero attached hydrogens (tertiary/aromatic N) is 3. The first-order valence-electron chi connectivity index (χ1n) is 12.3. The Kier molecular flexibility index (Phi) is 7.47. The average molecular weight is 487 g/mol. The van der Waals surface area contributed by atoms with Crippen LogP contribution in [0.25, 0.3) is 0 Å². The Balaban J connectivity index is 1.21. The number of hydrogen-bond donors (Lipinski definition) is 1. The second-order valence-electron chi connectivity index (χ2n) is 9.48. The van der Waals surface area contributed by atoms with Gasteiger partial charge in [0.25, 0.3) is 11.8 Å². The van der Waals surface area contributed by atoms with Crippen molar-refractivity contribution in [1.82, 2.24) is 15.1 Å². The molecule has 3 fully saturated rings. The number of imide groups is 1. The van der Waals surface area contributed by atoms with E-state index in [-0.39, 0.29) is 11.8 Å². The average Bonchev–Trinajstić information content (AvgIpc) is 3.11. The summed E-state index contributed by atoms with van der Waals surface area (Å²) in [6.07, 6.45) is 3.98. The van der Waals surface area contributed by atoms with E-state index >= 15 is 0 Å². The molecule has 1 spiro atoms. The molecule has 0 atom stereocenters. The number of benzene rings is 1. The van der Waals surface area contributed by atoms with Gasteiger partial charge in [-0.15, -0.1) is 0 Å². The number of carbonyl (C=O) groups is 4. The van der Waals surface area contributed by atoms with Crippen LogP contribution < -0.4 is 15.0 Å². The van der Waals surface area contributed by atoms with E-state index in [9.17, 15) is 19.2 Å². The summed E-state index contributed by atoms with van der Waals surface area (Å²) < 4.78 is 10.3. The molecular weight excluding hydrogens is 452 g/mol. The number of nitrogens with one attached hydrogen (secondary N) is 1. The Morgan fingerprint density at radius 1 is 1.06 bits per heavy atom. The Morgan fingerprint density at radius 2 is 1.71 bits per heavy atom. The van der Waals surface area contributed by atoms with E-state index in [1.807, 2.05) is 24.3 Å². The molecule has 10 heteroatoms. The fraction of sp³-hybridized carbons (Fsp3) is 0.600. The second kappa shape index (κ2) is 10.5. The minimum absolute atomic E-state index is 0.292. The first kappa shape index (κ1) is 24.8. The molecule has 0 bridgehead atoms. The van der Waals surface area contributed by atoms with E-state index in [2.05, 4.69) is 17.1 Å². The third-order valence-electron chi connectivity index (χ3n) is 7.50. The van der Waals surface area contributed by atoms with Crippen LogP contribution in [0, 0.1) is 5.92 Å². The van der Waals surface area contributed by atoms with Crippen LogP contribution in [0.3, 0.4) is 0 Å². The van der Waals surface area contributed by atoms with Crippen LogP contribution in [-0.2, 0) is 19.1 Å². The van der Waals surface area contributed by atoms with Crippen molar-refractivity contribution in [2.75, 3.05) is 51.3 Å². The van der Waals surface area contributed by atoms with Crippen LogP contribution in [0.4, 0.5) is 10.5 Å². The maximum Gasteiger partial charge on any atom is 0.326 e. The minimum atomic E-state index is -0.900. The van der Waals surface area contributed by atoms with Gasteiger partial charge in [-0.2, -0.15) is 0 Å². The number of hydrogen-bond acceptors (Lipinski definition) is 7. The number of rotatable bonds is 7. The van der Waals surface area contributed by atoms with Crippen molar-refractivity contribution in [3.8, 4) is 5.75 Å². The lowest BCUT2D eigenvalue weighted by Crippen LogP contribution is -2.50. The molecule has 0 radical (unpaired) electrons. The van der Waals surface area contributed by atoms with Gasteiger partial charge in [-0.25, -0.2) is 4.79 Å². The van der Waals surface area contributed by atoms with Crippen molar-refractivity contribution in [2.45, 2.75) is 44.6 Å². The molecule has 2 saturated heterocycles. The number of amides is 4. The largest absolute Gasteiger partial charge is 0.497 e. The van der Waals surface area contributed by atoms with E-state index in [0.29, 0.717) is 44.9 Å². The normalized spacial score (nSPS) is 24.5. The first-order chi connectivity index (χ1) is 16.8. The van der Waals surface area contributed by atoms with Crippen LogP contribution in [-0.4, -0.2) is 85.6 Å². The number of esters is 1. The smallest absolute Gasteiger partial charge is 0.326 e. The van der Waals surface area contributed by atoms with Gasteiger partial charge in [-0.3, -0.25) is 19.3 Å². The molecule has 1 aliphatic carbocycles. The van der Waals surface area contributed by atoms with Crippen molar-refractivity contribution in [2.24, 2.45) is 5.92 Å². The van der Waals surface area contributed by atoms with Crippen molar-refractivity contribution in [1.29, 1.82) is 0 Å². The number of ether oxygens (including phenoxy) is 2. The Morgan fingerprint density at radius 3 is 2.31 bits per heavy atom. The summed E-state index contributed by atoms with van der Waals surface area (Å²) in [6.45, 7) is 3.58. The molecule has 2 heterocycles. The number of urea groups is 1. The maximum absolute atomic E-state index is 12.9.